The summed E-state index contributed by atoms with van der Waals surface area (Å²) in [4.78, 5) is 14.9. The summed E-state index contributed by atoms with van der Waals surface area (Å²) < 4.78 is 1.76. The summed E-state index contributed by atoms with van der Waals surface area (Å²) >= 11 is 5.91. The molecule has 88 valence electrons. The van der Waals surface area contributed by atoms with Gasteiger partial charge in [-0.1, -0.05) is 23.7 Å². The van der Waals surface area contributed by atoms with E-state index < -0.39 is 5.97 Å². The smallest absolute Gasteiger partial charge is 0.309 e. The molecule has 0 saturated heterocycles. The summed E-state index contributed by atoms with van der Waals surface area (Å²) in [7, 11) is 1.79. The molecule has 5 heteroatoms. The van der Waals surface area contributed by atoms with Crippen LogP contribution in [-0.2, 0) is 18.3 Å². The first kappa shape index (κ1) is 11.7. The van der Waals surface area contributed by atoms with Gasteiger partial charge in [0.1, 0.15) is 5.82 Å². The number of aromatic nitrogens is 2. The van der Waals surface area contributed by atoms with E-state index in [0.29, 0.717) is 16.5 Å². The molecule has 1 aromatic heterocycles. The monoisotopic (exact) mass is 250 g/mol. The minimum Gasteiger partial charge on any atom is -0.481 e. The maximum Gasteiger partial charge on any atom is 0.309 e. The average Bonchev–Trinajstić information content (AvgIpc) is 2.60. The summed E-state index contributed by atoms with van der Waals surface area (Å²) in [6.45, 7) is 0. The molecule has 0 aliphatic rings. The van der Waals surface area contributed by atoms with Crippen molar-refractivity contribution in [2.75, 3.05) is 0 Å². The van der Waals surface area contributed by atoms with Crippen molar-refractivity contribution < 1.29 is 9.90 Å². The van der Waals surface area contributed by atoms with Crippen LogP contribution in [-0.4, -0.2) is 20.6 Å². The molecule has 2 rings (SSSR count). The van der Waals surface area contributed by atoms with Gasteiger partial charge in [-0.2, -0.15) is 0 Å². The van der Waals surface area contributed by atoms with Gasteiger partial charge in [-0.25, -0.2) is 4.98 Å². The lowest BCUT2D eigenvalue weighted by atomic mass is 10.2. The van der Waals surface area contributed by atoms with Crippen molar-refractivity contribution in [1.82, 2.24) is 9.55 Å². The van der Waals surface area contributed by atoms with E-state index in [1.165, 1.54) is 0 Å². The number of hydrogen-bond donors (Lipinski definition) is 1. The number of benzene rings is 1. The second-order valence-corrected chi connectivity index (χ2v) is 4.15. The number of hydrogen-bond acceptors (Lipinski definition) is 2. The Labute approximate surface area is 103 Å². The Balaban J connectivity index is 2.40. The third kappa shape index (κ3) is 2.47. The quantitative estimate of drug-likeness (QED) is 0.910. The van der Waals surface area contributed by atoms with Crippen LogP contribution >= 0.6 is 11.6 Å². The standard InChI is InChI=1S/C12H11ClN2O2/c1-15-10(6-11(16)17)7-14-12(15)8-3-2-4-9(13)5-8/h2-5,7H,6H2,1H3,(H,16,17). The zero-order chi connectivity index (χ0) is 12.4. The number of halogens is 1. The van der Waals surface area contributed by atoms with Crippen molar-refractivity contribution in [1.29, 1.82) is 0 Å². The van der Waals surface area contributed by atoms with Crippen LogP contribution in [0.1, 0.15) is 5.69 Å². The van der Waals surface area contributed by atoms with Gasteiger partial charge in [0.25, 0.3) is 0 Å². The van der Waals surface area contributed by atoms with E-state index in [1.54, 1.807) is 29.9 Å². The second-order valence-electron chi connectivity index (χ2n) is 3.71. The molecule has 0 amide bonds. The number of nitrogens with zero attached hydrogens (tertiary/aromatic N) is 2. The Kier molecular flexibility index (Phi) is 3.15. The van der Waals surface area contributed by atoms with E-state index in [2.05, 4.69) is 4.98 Å². The number of carbonyl (C=O) groups is 1. The number of carboxylic acids is 1. The summed E-state index contributed by atoms with van der Waals surface area (Å²) in [6.07, 6.45) is 1.54. The van der Waals surface area contributed by atoms with Gasteiger partial charge in [0, 0.05) is 29.5 Å². The molecular weight excluding hydrogens is 240 g/mol. The molecule has 1 N–H and O–H groups in total. The Morgan fingerprint density at radius 3 is 2.94 bits per heavy atom. The normalized spacial score (nSPS) is 10.5. The van der Waals surface area contributed by atoms with Gasteiger partial charge in [0.15, 0.2) is 0 Å². The summed E-state index contributed by atoms with van der Waals surface area (Å²) in [5.41, 5.74) is 1.53. The highest BCUT2D eigenvalue weighted by Gasteiger charge is 2.11. The fourth-order valence-electron chi connectivity index (χ4n) is 1.66. The van der Waals surface area contributed by atoms with Crippen LogP contribution in [0.25, 0.3) is 11.4 Å². The fourth-order valence-corrected chi connectivity index (χ4v) is 1.85. The van der Waals surface area contributed by atoms with Gasteiger partial charge in [-0.15, -0.1) is 0 Å². The lowest BCUT2D eigenvalue weighted by molar-refractivity contribution is -0.136. The van der Waals surface area contributed by atoms with Crippen LogP contribution in [0.15, 0.2) is 30.5 Å². The van der Waals surface area contributed by atoms with Crippen molar-refractivity contribution >= 4 is 17.6 Å². The van der Waals surface area contributed by atoms with E-state index in [-0.39, 0.29) is 6.42 Å². The molecule has 0 aliphatic carbocycles. The Morgan fingerprint density at radius 2 is 2.29 bits per heavy atom. The van der Waals surface area contributed by atoms with Crippen molar-refractivity contribution in [2.45, 2.75) is 6.42 Å². The predicted octanol–water partition coefficient (Wildman–Crippen LogP) is 2.37. The first-order chi connectivity index (χ1) is 8.08. The molecule has 0 unspecified atom stereocenters. The minimum absolute atomic E-state index is 0.0376. The van der Waals surface area contributed by atoms with Gasteiger partial charge in [-0.05, 0) is 12.1 Å². The fraction of sp³-hybridized carbons (Fsp3) is 0.167. The number of aliphatic carboxylic acids is 1. The number of rotatable bonds is 3. The molecule has 0 radical (unpaired) electrons. The Hall–Kier alpha value is -1.81. The van der Waals surface area contributed by atoms with E-state index in [1.807, 2.05) is 12.1 Å². The maximum absolute atomic E-state index is 10.7. The summed E-state index contributed by atoms with van der Waals surface area (Å²) in [5, 5.41) is 9.38. The molecule has 0 atom stereocenters. The van der Waals surface area contributed by atoms with Crippen molar-refractivity contribution in [3.8, 4) is 11.4 Å². The number of imidazole rings is 1. The van der Waals surface area contributed by atoms with Gasteiger partial charge < -0.3 is 9.67 Å². The SMILES string of the molecule is Cn1c(CC(=O)O)cnc1-c1cccc(Cl)c1. The highest BCUT2D eigenvalue weighted by Crippen LogP contribution is 2.22. The highest BCUT2D eigenvalue weighted by atomic mass is 35.5. The topological polar surface area (TPSA) is 55.1 Å². The molecule has 0 bridgehead atoms. The zero-order valence-corrected chi connectivity index (χ0v) is 9.98. The van der Waals surface area contributed by atoms with Crippen LogP contribution in [0.2, 0.25) is 5.02 Å². The van der Waals surface area contributed by atoms with Crippen LogP contribution in [0.5, 0.6) is 0 Å². The van der Waals surface area contributed by atoms with Crippen LogP contribution in [0.3, 0.4) is 0 Å². The van der Waals surface area contributed by atoms with Crippen LogP contribution < -0.4 is 0 Å². The molecule has 0 fully saturated rings. The molecule has 0 saturated carbocycles. The molecule has 1 aromatic carbocycles. The van der Waals surface area contributed by atoms with E-state index >= 15 is 0 Å². The van der Waals surface area contributed by atoms with Gasteiger partial charge in [-0.3, -0.25) is 4.79 Å². The molecule has 4 nitrogen and oxygen atoms in total. The van der Waals surface area contributed by atoms with Gasteiger partial charge >= 0.3 is 5.97 Å². The van der Waals surface area contributed by atoms with Crippen molar-refractivity contribution in [2.24, 2.45) is 7.05 Å². The molecule has 1 heterocycles. The van der Waals surface area contributed by atoms with Gasteiger partial charge in [0.2, 0.25) is 0 Å². The van der Waals surface area contributed by atoms with Gasteiger partial charge in [0.05, 0.1) is 6.42 Å². The lowest BCUT2D eigenvalue weighted by Crippen LogP contribution is -2.05. The van der Waals surface area contributed by atoms with Crippen LogP contribution in [0, 0.1) is 0 Å². The molecular formula is C12H11ClN2O2. The van der Waals surface area contributed by atoms with E-state index in [0.717, 1.165) is 5.56 Å². The number of carboxylic acid groups (broad SMARTS) is 1. The Morgan fingerprint density at radius 1 is 1.53 bits per heavy atom. The maximum atomic E-state index is 10.7. The zero-order valence-electron chi connectivity index (χ0n) is 9.22. The largest absolute Gasteiger partial charge is 0.481 e. The second kappa shape index (κ2) is 4.59. The lowest BCUT2D eigenvalue weighted by Gasteiger charge is -2.04. The highest BCUT2D eigenvalue weighted by molar-refractivity contribution is 6.30. The van der Waals surface area contributed by atoms with E-state index in [9.17, 15) is 4.79 Å². The minimum atomic E-state index is -0.870. The van der Waals surface area contributed by atoms with Crippen LogP contribution in [0.4, 0.5) is 0 Å². The predicted molar refractivity (Wildman–Crippen MR) is 65.0 cm³/mol. The first-order valence-corrected chi connectivity index (χ1v) is 5.44. The average molecular weight is 251 g/mol. The molecule has 17 heavy (non-hydrogen) atoms. The summed E-state index contributed by atoms with van der Waals surface area (Å²) in [5.74, 6) is -0.158. The first-order valence-electron chi connectivity index (χ1n) is 5.06. The Bertz CT molecular complexity index is 563. The summed E-state index contributed by atoms with van der Waals surface area (Å²) in [6, 6.07) is 7.31. The molecule has 0 aliphatic heterocycles. The third-order valence-corrected chi connectivity index (χ3v) is 2.73. The molecule has 0 spiro atoms. The van der Waals surface area contributed by atoms with E-state index in [4.69, 9.17) is 16.7 Å². The third-order valence-electron chi connectivity index (χ3n) is 2.50. The molecule has 2 aromatic rings. The van der Waals surface area contributed by atoms with Crippen molar-refractivity contribution in [3.63, 3.8) is 0 Å². The van der Waals surface area contributed by atoms with Crippen molar-refractivity contribution in [3.05, 3.63) is 41.2 Å².